The molecular formula is C14H19BrN2S2. The third-order valence-electron chi connectivity index (χ3n) is 3.42. The summed E-state index contributed by atoms with van der Waals surface area (Å²) in [6, 6.07) is 6.68. The highest BCUT2D eigenvalue weighted by molar-refractivity contribution is 9.10. The van der Waals surface area contributed by atoms with Gasteiger partial charge in [-0.15, -0.1) is 0 Å². The van der Waals surface area contributed by atoms with Gasteiger partial charge in [0, 0.05) is 27.0 Å². The van der Waals surface area contributed by atoms with Crippen molar-refractivity contribution in [2.75, 3.05) is 11.1 Å². The lowest BCUT2D eigenvalue weighted by molar-refractivity contribution is 0.768. The van der Waals surface area contributed by atoms with Crippen molar-refractivity contribution in [3.05, 3.63) is 28.2 Å². The van der Waals surface area contributed by atoms with Gasteiger partial charge in [-0.2, -0.15) is 11.8 Å². The van der Waals surface area contributed by atoms with Crippen molar-refractivity contribution in [3.63, 3.8) is 0 Å². The van der Waals surface area contributed by atoms with E-state index in [1.165, 1.54) is 25.0 Å². The zero-order valence-electron chi connectivity index (χ0n) is 11.0. The van der Waals surface area contributed by atoms with E-state index < -0.39 is 0 Å². The lowest BCUT2D eigenvalue weighted by Crippen LogP contribution is -2.26. The minimum atomic E-state index is 0.429. The molecule has 1 aromatic carbocycles. The van der Waals surface area contributed by atoms with Crippen molar-refractivity contribution in [1.82, 2.24) is 0 Å². The van der Waals surface area contributed by atoms with Crippen LogP contribution in [0.2, 0.25) is 0 Å². The van der Waals surface area contributed by atoms with Crippen molar-refractivity contribution in [2.45, 2.75) is 37.5 Å². The second kappa shape index (κ2) is 6.95. The zero-order chi connectivity index (χ0) is 13.8. The van der Waals surface area contributed by atoms with Gasteiger partial charge in [-0.05, 0) is 52.7 Å². The summed E-state index contributed by atoms with van der Waals surface area (Å²) in [7, 11) is 0. The number of nitrogens with one attached hydrogen (secondary N) is 1. The number of hydrogen-bond acceptors (Lipinski definition) is 3. The molecule has 19 heavy (non-hydrogen) atoms. The van der Waals surface area contributed by atoms with E-state index in [1.54, 1.807) is 0 Å². The molecule has 5 heteroatoms. The van der Waals surface area contributed by atoms with E-state index in [4.69, 9.17) is 18.0 Å². The van der Waals surface area contributed by atoms with Gasteiger partial charge in [0.2, 0.25) is 0 Å². The molecule has 0 aliphatic heterocycles. The Bertz CT molecular complexity index is 465. The Labute approximate surface area is 133 Å². The van der Waals surface area contributed by atoms with Crippen LogP contribution in [0.5, 0.6) is 0 Å². The number of nitrogens with two attached hydrogens (primary N) is 1. The predicted octanol–water partition coefficient (Wildman–Crippen LogP) is 4.17. The average molecular weight is 359 g/mol. The molecule has 1 aliphatic rings. The van der Waals surface area contributed by atoms with Crippen LogP contribution in [0.3, 0.4) is 0 Å². The summed E-state index contributed by atoms with van der Waals surface area (Å²) in [6.45, 7) is 2.23. The van der Waals surface area contributed by atoms with E-state index in [0.29, 0.717) is 11.0 Å². The van der Waals surface area contributed by atoms with E-state index in [1.807, 2.05) is 6.07 Å². The van der Waals surface area contributed by atoms with Crippen molar-refractivity contribution < 1.29 is 0 Å². The van der Waals surface area contributed by atoms with E-state index in [0.717, 1.165) is 21.0 Å². The second-order valence-electron chi connectivity index (χ2n) is 4.73. The van der Waals surface area contributed by atoms with E-state index in [2.05, 4.69) is 52.1 Å². The minimum Gasteiger partial charge on any atom is -0.389 e. The summed E-state index contributed by atoms with van der Waals surface area (Å²) in [5.74, 6) is 1.19. The van der Waals surface area contributed by atoms with Crippen molar-refractivity contribution in [2.24, 2.45) is 5.73 Å². The molecule has 0 heterocycles. The van der Waals surface area contributed by atoms with Crippen LogP contribution < -0.4 is 11.1 Å². The molecule has 0 amide bonds. The van der Waals surface area contributed by atoms with Crippen molar-refractivity contribution in [1.29, 1.82) is 0 Å². The molecule has 0 spiro atoms. The Kier molecular flexibility index (Phi) is 5.54. The summed E-state index contributed by atoms with van der Waals surface area (Å²) >= 11 is 10.6. The largest absolute Gasteiger partial charge is 0.389 e. The lowest BCUT2D eigenvalue weighted by Gasteiger charge is -2.21. The molecule has 2 unspecified atom stereocenters. The first-order chi connectivity index (χ1) is 9.11. The monoisotopic (exact) mass is 358 g/mol. The van der Waals surface area contributed by atoms with Crippen LogP contribution >= 0.6 is 39.9 Å². The lowest BCUT2D eigenvalue weighted by atomic mass is 10.2. The number of rotatable bonds is 5. The molecule has 104 valence electrons. The van der Waals surface area contributed by atoms with E-state index in [9.17, 15) is 0 Å². The molecule has 1 aliphatic carbocycles. The predicted molar refractivity (Wildman–Crippen MR) is 93.2 cm³/mol. The molecular weight excluding hydrogens is 340 g/mol. The number of halogens is 1. The van der Waals surface area contributed by atoms with E-state index >= 15 is 0 Å². The van der Waals surface area contributed by atoms with Crippen LogP contribution in [0.4, 0.5) is 5.69 Å². The highest BCUT2D eigenvalue weighted by Gasteiger charge is 2.26. The first-order valence-corrected chi connectivity index (χ1v) is 8.84. The summed E-state index contributed by atoms with van der Waals surface area (Å²) in [6.07, 6.45) is 3.90. The minimum absolute atomic E-state index is 0.429. The number of thiocarbonyl (C=S) groups is 1. The maximum atomic E-state index is 5.67. The SMILES string of the molecule is CCSC1CCCC1Nc1ccc(C(N)=S)c(Br)c1. The van der Waals surface area contributed by atoms with Crippen LogP contribution in [-0.2, 0) is 0 Å². The molecule has 0 bridgehead atoms. The second-order valence-corrected chi connectivity index (χ2v) is 7.54. The van der Waals surface area contributed by atoms with Gasteiger partial charge in [0.05, 0.1) is 0 Å². The normalized spacial score (nSPS) is 22.4. The molecule has 3 N–H and O–H groups in total. The summed E-state index contributed by atoms with van der Waals surface area (Å²) in [4.78, 5) is 0.429. The Morgan fingerprint density at radius 3 is 2.95 bits per heavy atom. The number of benzene rings is 1. The Morgan fingerprint density at radius 1 is 1.53 bits per heavy atom. The van der Waals surface area contributed by atoms with Crippen LogP contribution in [-0.4, -0.2) is 22.0 Å². The standard InChI is InChI=1S/C14H19BrN2S2/c1-2-19-13-5-3-4-12(13)17-9-6-7-10(14(16)18)11(15)8-9/h6-8,12-13,17H,2-5H2,1H3,(H2,16,18). The number of thioether (sulfide) groups is 1. The van der Waals surface area contributed by atoms with Gasteiger partial charge < -0.3 is 11.1 Å². The third kappa shape index (κ3) is 3.86. The quantitative estimate of drug-likeness (QED) is 0.774. The van der Waals surface area contributed by atoms with Crippen molar-refractivity contribution >= 4 is 50.6 Å². The summed E-state index contributed by atoms with van der Waals surface area (Å²) in [5, 5.41) is 4.38. The fraction of sp³-hybridized carbons (Fsp3) is 0.500. The molecule has 2 nitrogen and oxygen atoms in total. The molecule has 0 saturated heterocycles. The molecule has 1 aromatic rings. The summed E-state index contributed by atoms with van der Waals surface area (Å²) in [5.41, 5.74) is 7.70. The molecule has 0 radical (unpaired) electrons. The molecule has 1 saturated carbocycles. The van der Waals surface area contributed by atoms with Gasteiger partial charge in [-0.25, -0.2) is 0 Å². The fourth-order valence-corrected chi connectivity index (χ4v) is 4.62. The highest BCUT2D eigenvalue weighted by Crippen LogP contribution is 2.32. The highest BCUT2D eigenvalue weighted by atomic mass is 79.9. The molecule has 2 atom stereocenters. The Hall–Kier alpha value is -0.260. The topological polar surface area (TPSA) is 38.0 Å². The molecule has 2 rings (SSSR count). The third-order valence-corrected chi connectivity index (χ3v) is 5.62. The van der Waals surface area contributed by atoms with Gasteiger partial charge in [0.15, 0.2) is 0 Å². The first-order valence-electron chi connectivity index (χ1n) is 6.59. The van der Waals surface area contributed by atoms with E-state index in [-0.39, 0.29) is 0 Å². The fourth-order valence-electron chi connectivity index (χ4n) is 2.52. The van der Waals surface area contributed by atoms with Gasteiger partial charge >= 0.3 is 0 Å². The average Bonchev–Trinajstić information content (AvgIpc) is 2.77. The van der Waals surface area contributed by atoms with Crippen LogP contribution in [0.1, 0.15) is 31.7 Å². The zero-order valence-corrected chi connectivity index (χ0v) is 14.2. The Morgan fingerprint density at radius 2 is 2.32 bits per heavy atom. The van der Waals surface area contributed by atoms with Crippen LogP contribution in [0.25, 0.3) is 0 Å². The first kappa shape index (κ1) is 15.1. The maximum Gasteiger partial charge on any atom is 0.105 e. The summed E-state index contributed by atoms with van der Waals surface area (Å²) < 4.78 is 0.961. The van der Waals surface area contributed by atoms with Gasteiger partial charge in [-0.1, -0.05) is 25.6 Å². The smallest absolute Gasteiger partial charge is 0.105 e. The van der Waals surface area contributed by atoms with Crippen LogP contribution in [0.15, 0.2) is 22.7 Å². The van der Waals surface area contributed by atoms with Gasteiger partial charge in [-0.3, -0.25) is 0 Å². The number of hydrogen-bond donors (Lipinski definition) is 2. The van der Waals surface area contributed by atoms with Crippen LogP contribution in [0, 0.1) is 0 Å². The van der Waals surface area contributed by atoms with Gasteiger partial charge in [0.1, 0.15) is 4.99 Å². The molecule has 1 fully saturated rings. The van der Waals surface area contributed by atoms with Gasteiger partial charge in [0.25, 0.3) is 0 Å². The van der Waals surface area contributed by atoms with Crippen molar-refractivity contribution in [3.8, 4) is 0 Å². The maximum absolute atomic E-state index is 5.67. The number of anilines is 1. The Balaban J connectivity index is 2.07. The molecule has 0 aromatic heterocycles.